The van der Waals surface area contributed by atoms with Gasteiger partial charge in [-0.2, -0.15) is 8.42 Å². The summed E-state index contributed by atoms with van der Waals surface area (Å²) in [5.74, 6) is -1.45. The molecule has 1 aliphatic heterocycles. The minimum absolute atomic E-state index is 0.0801. The predicted molar refractivity (Wildman–Crippen MR) is 168 cm³/mol. The minimum Gasteiger partial charge on any atom is -0.463 e. The molecular formula is C31H37N3O12S. The van der Waals surface area contributed by atoms with Gasteiger partial charge in [0.2, 0.25) is 12.2 Å². The molecule has 15 nitrogen and oxygen atoms in total. The molecule has 16 heteroatoms. The van der Waals surface area contributed by atoms with Crippen LogP contribution in [0.3, 0.4) is 0 Å². The summed E-state index contributed by atoms with van der Waals surface area (Å²) in [6.07, 6.45) is -6.12. The number of nitrogens with zero attached hydrogens (tertiary/aromatic N) is 2. The van der Waals surface area contributed by atoms with Gasteiger partial charge in [-0.3, -0.25) is 19.5 Å². The van der Waals surface area contributed by atoms with Gasteiger partial charge in [0.15, 0.2) is 6.10 Å². The highest BCUT2D eigenvalue weighted by Gasteiger charge is 2.52. The first-order chi connectivity index (χ1) is 22.2. The fourth-order valence-electron chi connectivity index (χ4n) is 4.34. The van der Waals surface area contributed by atoms with Crippen molar-refractivity contribution in [1.29, 1.82) is 0 Å². The lowest BCUT2D eigenvalue weighted by Gasteiger charge is -2.44. The molecule has 3 aromatic rings. The van der Waals surface area contributed by atoms with Gasteiger partial charge in [-0.1, -0.05) is 48.5 Å². The van der Waals surface area contributed by atoms with Crippen molar-refractivity contribution in [2.24, 2.45) is 0 Å². The Balaban J connectivity index is 0.00000142. The molecule has 0 aliphatic carbocycles. The van der Waals surface area contributed by atoms with Gasteiger partial charge in [0.1, 0.15) is 24.0 Å². The van der Waals surface area contributed by atoms with E-state index in [-0.39, 0.29) is 30.2 Å². The number of rotatable bonds is 12. The SMILES string of the molecule is CC(=O)N[C@H]1[C@H](Oc2ccc([N+](=O)[O-])cc2)O[C@H](COCc2ccccc2)[C@@H](OS(=O)(=O)O)[C@@H]1OC(=O)c1ccccc1.CN(C)C. The molecule has 1 fully saturated rings. The number of nitrogens with one attached hydrogen (secondary N) is 1. The highest BCUT2D eigenvalue weighted by Crippen LogP contribution is 2.31. The lowest BCUT2D eigenvalue weighted by molar-refractivity contribution is -0.384. The molecule has 1 amide bonds. The maximum absolute atomic E-state index is 13.1. The average molecular weight is 676 g/mol. The summed E-state index contributed by atoms with van der Waals surface area (Å²) in [5.41, 5.74) is 0.678. The van der Waals surface area contributed by atoms with Crippen LogP contribution >= 0.6 is 0 Å². The van der Waals surface area contributed by atoms with Crippen LogP contribution in [0, 0.1) is 10.1 Å². The number of ether oxygens (including phenoxy) is 4. The number of carbonyl (C=O) groups is 2. The van der Waals surface area contributed by atoms with E-state index in [1.807, 2.05) is 32.1 Å². The Labute approximate surface area is 272 Å². The van der Waals surface area contributed by atoms with Crippen LogP contribution in [0.5, 0.6) is 5.75 Å². The minimum atomic E-state index is -5.15. The maximum Gasteiger partial charge on any atom is 0.397 e. The van der Waals surface area contributed by atoms with Crippen molar-refractivity contribution in [2.75, 3.05) is 27.7 Å². The number of carbonyl (C=O) groups excluding carboxylic acids is 2. The van der Waals surface area contributed by atoms with Crippen molar-refractivity contribution in [3.05, 3.63) is 106 Å². The van der Waals surface area contributed by atoms with E-state index in [0.717, 1.165) is 12.5 Å². The topological polar surface area (TPSA) is 193 Å². The van der Waals surface area contributed by atoms with Crippen LogP contribution in [-0.2, 0) is 40.2 Å². The molecule has 0 saturated carbocycles. The summed E-state index contributed by atoms with van der Waals surface area (Å²) in [7, 11) is 0.847. The highest BCUT2D eigenvalue weighted by molar-refractivity contribution is 7.80. The van der Waals surface area contributed by atoms with Gasteiger partial charge in [-0.15, -0.1) is 0 Å². The second-order valence-electron chi connectivity index (χ2n) is 10.7. The van der Waals surface area contributed by atoms with Crippen LogP contribution < -0.4 is 10.1 Å². The number of non-ortho nitro benzene ring substituents is 1. The van der Waals surface area contributed by atoms with Gasteiger partial charge in [0, 0.05) is 19.1 Å². The zero-order valence-corrected chi connectivity index (χ0v) is 26.9. The first-order valence-corrected chi connectivity index (χ1v) is 15.6. The van der Waals surface area contributed by atoms with E-state index < -0.39 is 57.8 Å². The Morgan fingerprint density at radius 1 is 0.957 bits per heavy atom. The smallest absolute Gasteiger partial charge is 0.397 e. The van der Waals surface area contributed by atoms with Gasteiger partial charge in [-0.25, -0.2) is 8.98 Å². The number of hydrogen-bond acceptors (Lipinski definition) is 12. The van der Waals surface area contributed by atoms with Crippen LogP contribution in [-0.4, -0.2) is 93.1 Å². The Kier molecular flexibility index (Phi) is 13.8. The fraction of sp³-hybridized carbons (Fsp3) is 0.355. The molecule has 2 N–H and O–H groups in total. The van der Waals surface area contributed by atoms with Gasteiger partial charge in [0.05, 0.1) is 23.7 Å². The molecule has 3 aromatic carbocycles. The second-order valence-corrected chi connectivity index (χ2v) is 11.8. The van der Waals surface area contributed by atoms with Crippen molar-refractivity contribution < 1.29 is 50.6 Å². The molecule has 0 aromatic heterocycles. The monoisotopic (exact) mass is 675 g/mol. The summed E-state index contributed by atoms with van der Waals surface area (Å²) >= 11 is 0. The third kappa shape index (κ3) is 12.3. The van der Waals surface area contributed by atoms with Crippen molar-refractivity contribution in [3.8, 4) is 5.75 Å². The molecule has 1 aliphatic rings. The van der Waals surface area contributed by atoms with E-state index in [9.17, 15) is 32.7 Å². The number of esters is 1. The Morgan fingerprint density at radius 3 is 2.06 bits per heavy atom. The summed E-state index contributed by atoms with van der Waals surface area (Å²) < 4.78 is 61.9. The molecule has 4 rings (SSSR count). The number of amides is 1. The first-order valence-electron chi connectivity index (χ1n) is 14.2. The van der Waals surface area contributed by atoms with Crippen LogP contribution in [0.15, 0.2) is 84.9 Å². The van der Waals surface area contributed by atoms with Gasteiger partial charge in [-0.05, 0) is 51.0 Å². The second kappa shape index (κ2) is 17.5. The molecule has 5 atom stereocenters. The molecule has 1 saturated heterocycles. The van der Waals surface area contributed by atoms with E-state index in [1.165, 1.54) is 36.4 Å². The Hall–Kier alpha value is -4.45. The molecule has 1 heterocycles. The molecule has 254 valence electrons. The molecule has 0 bridgehead atoms. The highest BCUT2D eigenvalue weighted by atomic mass is 32.3. The van der Waals surface area contributed by atoms with E-state index in [0.29, 0.717) is 0 Å². The number of nitro groups is 1. The largest absolute Gasteiger partial charge is 0.463 e. The zero-order valence-electron chi connectivity index (χ0n) is 26.1. The van der Waals surface area contributed by atoms with E-state index >= 15 is 0 Å². The molecule has 0 radical (unpaired) electrons. The van der Waals surface area contributed by atoms with Crippen LogP contribution in [0.2, 0.25) is 0 Å². The standard InChI is InChI=1S/C28H28N2O12S.C3H9N/c1-18(31)29-24-26(41-27(32)20-10-6-3-7-11-20)25(42-43(35,36)37)23(17-38-16-19-8-4-2-5-9-19)40-28(24)39-22-14-12-21(13-15-22)30(33)34;1-4(2)3/h2-15,23-26,28H,16-17H2,1H3,(H,29,31)(H,35,36,37);1-3H3/t23-,24-,25-,26-,28-;/m1./s1. The van der Waals surface area contributed by atoms with Crippen LogP contribution in [0.1, 0.15) is 22.8 Å². The fourth-order valence-corrected chi connectivity index (χ4v) is 4.85. The van der Waals surface area contributed by atoms with Gasteiger partial charge in [0.25, 0.3) is 5.69 Å². The number of benzene rings is 3. The normalized spacial score (nSPS) is 20.8. The predicted octanol–water partition coefficient (Wildman–Crippen LogP) is 3.01. The summed E-state index contributed by atoms with van der Waals surface area (Å²) in [4.78, 5) is 37.9. The lowest BCUT2D eigenvalue weighted by Crippen LogP contribution is -2.67. The number of nitro benzene ring substituents is 1. The summed E-state index contributed by atoms with van der Waals surface area (Å²) in [6, 6.07) is 20.3. The molecule has 0 unspecified atom stereocenters. The number of hydrogen-bond donors (Lipinski definition) is 2. The van der Waals surface area contributed by atoms with Crippen molar-refractivity contribution in [3.63, 3.8) is 0 Å². The van der Waals surface area contributed by atoms with Crippen molar-refractivity contribution in [1.82, 2.24) is 10.2 Å². The van der Waals surface area contributed by atoms with Crippen LogP contribution in [0.25, 0.3) is 0 Å². The summed E-state index contributed by atoms with van der Waals surface area (Å²) in [5, 5.41) is 13.6. The van der Waals surface area contributed by atoms with Gasteiger partial charge >= 0.3 is 16.4 Å². The Bertz CT molecular complexity index is 1550. The summed E-state index contributed by atoms with van der Waals surface area (Å²) in [6.45, 7) is 0.908. The maximum atomic E-state index is 13.1. The quantitative estimate of drug-likeness (QED) is 0.123. The molecule has 47 heavy (non-hydrogen) atoms. The van der Waals surface area contributed by atoms with Crippen LogP contribution in [0.4, 0.5) is 5.69 Å². The third-order valence-electron chi connectivity index (χ3n) is 6.20. The van der Waals surface area contributed by atoms with E-state index in [4.69, 9.17) is 23.1 Å². The zero-order chi connectivity index (χ0) is 34.6. The third-order valence-corrected chi connectivity index (χ3v) is 6.66. The van der Waals surface area contributed by atoms with Crippen molar-refractivity contribution >= 4 is 28.0 Å². The molecule has 0 spiro atoms. The lowest BCUT2D eigenvalue weighted by atomic mass is 9.96. The van der Waals surface area contributed by atoms with Crippen molar-refractivity contribution in [2.45, 2.75) is 44.2 Å². The van der Waals surface area contributed by atoms with Gasteiger partial charge < -0.3 is 29.2 Å². The average Bonchev–Trinajstić information content (AvgIpc) is 3.00. The first kappa shape index (κ1) is 37.0. The van der Waals surface area contributed by atoms with E-state index in [1.54, 1.807) is 42.5 Å². The Morgan fingerprint density at radius 2 is 1.53 bits per heavy atom. The van der Waals surface area contributed by atoms with E-state index in [2.05, 4.69) is 5.32 Å². The molecular weight excluding hydrogens is 638 g/mol.